The zero-order valence-electron chi connectivity index (χ0n) is 16.1. The maximum absolute atomic E-state index is 14.3. The fourth-order valence-electron chi connectivity index (χ4n) is 2.85. The summed E-state index contributed by atoms with van der Waals surface area (Å²) in [4.78, 5) is 0. The second kappa shape index (κ2) is 9.01. The predicted molar refractivity (Wildman–Crippen MR) is 104 cm³/mol. The van der Waals surface area contributed by atoms with E-state index < -0.39 is 23.6 Å². The highest BCUT2D eigenvalue weighted by Crippen LogP contribution is 2.31. The number of hydrogen-bond donors (Lipinski definition) is 1. The van der Waals surface area contributed by atoms with Crippen molar-refractivity contribution in [2.24, 2.45) is 0 Å². The Labute approximate surface area is 167 Å². The minimum Gasteiger partial charge on any atom is -0.491 e. The summed E-state index contributed by atoms with van der Waals surface area (Å²) in [6.07, 6.45) is -0.750. The number of hydrogen-bond acceptors (Lipinski definition) is 3. The van der Waals surface area contributed by atoms with Gasteiger partial charge in [0, 0.05) is 11.1 Å². The Bertz CT molecular complexity index is 985. The van der Waals surface area contributed by atoms with Crippen molar-refractivity contribution in [1.29, 1.82) is 0 Å². The maximum Gasteiger partial charge on any atom is 0.201 e. The number of halogens is 3. The molecule has 0 aliphatic heterocycles. The maximum atomic E-state index is 14.3. The Morgan fingerprint density at radius 1 is 0.897 bits per heavy atom. The van der Waals surface area contributed by atoms with Gasteiger partial charge in [-0.1, -0.05) is 24.3 Å². The molecule has 0 saturated heterocycles. The molecule has 0 radical (unpaired) electrons. The summed E-state index contributed by atoms with van der Waals surface area (Å²) >= 11 is 0. The molecule has 0 saturated carbocycles. The summed E-state index contributed by atoms with van der Waals surface area (Å²) in [5.74, 6) is -2.14. The van der Waals surface area contributed by atoms with Crippen LogP contribution in [0.2, 0.25) is 0 Å². The van der Waals surface area contributed by atoms with E-state index in [1.807, 2.05) is 0 Å². The average Bonchev–Trinajstić information content (AvgIpc) is 2.71. The summed E-state index contributed by atoms with van der Waals surface area (Å²) in [5, 5.41) is 9.49. The molecule has 3 aromatic carbocycles. The van der Waals surface area contributed by atoms with E-state index in [9.17, 15) is 18.3 Å². The van der Waals surface area contributed by atoms with Gasteiger partial charge in [-0.2, -0.15) is 4.39 Å². The van der Waals surface area contributed by atoms with E-state index in [0.717, 1.165) is 0 Å². The minimum absolute atomic E-state index is 0.00267. The van der Waals surface area contributed by atoms with Gasteiger partial charge in [0.05, 0.1) is 12.7 Å². The molecule has 152 valence electrons. The number of rotatable bonds is 7. The molecule has 1 unspecified atom stereocenters. The molecular formula is C23H21F3O3. The Morgan fingerprint density at radius 3 is 2.24 bits per heavy atom. The molecule has 0 bridgehead atoms. The van der Waals surface area contributed by atoms with Crippen molar-refractivity contribution in [3.8, 4) is 22.6 Å². The minimum atomic E-state index is -1.03. The number of ether oxygens (including phenoxy) is 2. The second-order valence-electron chi connectivity index (χ2n) is 6.51. The molecule has 0 heterocycles. The van der Waals surface area contributed by atoms with E-state index in [0.29, 0.717) is 22.4 Å². The van der Waals surface area contributed by atoms with Crippen molar-refractivity contribution in [1.82, 2.24) is 0 Å². The van der Waals surface area contributed by atoms with Crippen molar-refractivity contribution in [2.75, 3.05) is 6.61 Å². The first-order valence-electron chi connectivity index (χ1n) is 9.21. The first-order valence-corrected chi connectivity index (χ1v) is 9.21. The van der Waals surface area contributed by atoms with Crippen LogP contribution in [0.3, 0.4) is 0 Å². The molecule has 1 N–H and O–H groups in total. The largest absolute Gasteiger partial charge is 0.491 e. The molecule has 1 atom stereocenters. The predicted octanol–water partition coefficient (Wildman–Crippen LogP) is 5.80. The molecule has 0 spiro atoms. The fraction of sp³-hybridized carbons (Fsp3) is 0.217. The Hall–Kier alpha value is -2.99. The zero-order valence-corrected chi connectivity index (χ0v) is 16.1. The van der Waals surface area contributed by atoms with Crippen LogP contribution in [0.4, 0.5) is 13.2 Å². The SMILES string of the molecule is CCOc1ccc(-c2ccc(OCc3ccc(C(C)O)cc3F)cc2)c(F)c1F. The molecule has 0 fully saturated rings. The van der Waals surface area contributed by atoms with E-state index in [4.69, 9.17) is 9.47 Å². The number of aliphatic hydroxyl groups excluding tert-OH is 1. The van der Waals surface area contributed by atoms with Crippen LogP contribution in [0.25, 0.3) is 11.1 Å². The Morgan fingerprint density at radius 2 is 1.62 bits per heavy atom. The molecule has 3 nitrogen and oxygen atoms in total. The van der Waals surface area contributed by atoms with Crippen molar-refractivity contribution in [3.63, 3.8) is 0 Å². The third-order valence-electron chi connectivity index (χ3n) is 4.47. The van der Waals surface area contributed by atoms with Gasteiger partial charge >= 0.3 is 0 Å². The van der Waals surface area contributed by atoms with E-state index in [1.54, 1.807) is 50.2 Å². The topological polar surface area (TPSA) is 38.7 Å². The molecule has 0 aromatic heterocycles. The van der Waals surface area contributed by atoms with Crippen LogP contribution in [0.1, 0.15) is 31.1 Å². The first kappa shape index (κ1) is 20.7. The monoisotopic (exact) mass is 402 g/mol. The second-order valence-corrected chi connectivity index (χ2v) is 6.51. The fourth-order valence-corrected chi connectivity index (χ4v) is 2.85. The van der Waals surface area contributed by atoms with Gasteiger partial charge in [0.15, 0.2) is 11.6 Å². The van der Waals surface area contributed by atoms with Gasteiger partial charge in [0.25, 0.3) is 0 Å². The lowest BCUT2D eigenvalue weighted by atomic mass is 10.0. The zero-order chi connectivity index (χ0) is 21.0. The van der Waals surface area contributed by atoms with Gasteiger partial charge in [-0.05, 0) is 55.3 Å². The van der Waals surface area contributed by atoms with Crippen LogP contribution >= 0.6 is 0 Å². The van der Waals surface area contributed by atoms with Crippen molar-refractivity contribution in [2.45, 2.75) is 26.6 Å². The van der Waals surface area contributed by atoms with Crippen molar-refractivity contribution in [3.05, 3.63) is 83.2 Å². The van der Waals surface area contributed by atoms with Crippen molar-refractivity contribution < 1.29 is 27.8 Å². The summed E-state index contributed by atoms with van der Waals surface area (Å²) < 4.78 is 53.1. The number of benzene rings is 3. The molecule has 3 rings (SSSR count). The summed E-state index contributed by atoms with van der Waals surface area (Å²) in [5.41, 5.74) is 1.42. The van der Waals surface area contributed by atoms with Gasteiger partial charge in [0.2, 0.25) is 5.82 Å². The van der Waals surface area contributed by atoms with Crippen LogP contribution in [-0.4, -0.2) is 11.7 Å². The molecule has 0 aliphatic carbocycles. The van der Waals surface area contributed by atoms with E-state index >= 15 is 0 Å². The average molecular weight is 402 g/mol. The standard InChI is InChI=1S/C23H21F3O3/c1-3-28-21-11-10-19(22(25)23(21)26)15-6-8-18(9-7-15)29-13-17-5-4-16(14(2)27)12-20(17)24/h4-12,14,27H,3,13H2,1-2H3. The molecule has 3 aromatic rings. The Balaban J connectivity index is 1.72. The quantitative estimate of drug-likeness (QED) is 0.543. The Kier molecular flexibility index (Phi) is 6.44. The molecule has 0 amide bonds. The third kappa shape index (κ3) is 4.71. The lowest BCUT2D eigenvalue weighted by Gasteiger charge is -2.11. The summed E-state index contributed by atoms with van der Waals surface area (Å²) in [6, 6.07) is 13.7. The molecule has 29 heavy (non-hydrogen) atoms. The van der Waals surface area contributed by atoms with Crippen LogP contribution in [0.15, 0.2) is 54.6 Å². The summed E-state index contributed by atoms with van der Waals surface area (Å²) in [6.45, 7) is 3.49. The molecular weight excluding hydrogens is 381 g/mol. The van der Waals surface area contributed by atoms with Gasteiger partial charge < -0.3 is 14.6 Å². The van der Waals surface area contributed by atoms with E-state index in [-0.39, 0.29) is 24.5 Å². The van der Waals surface area contributed by atoms with E-state index in [1.165, 1.54) is 18.2 Å². The van der Waals surface area contributed by atoms with Gasteiger partial charge in [-0.25, -0.2) is 8.78 Å². The first-order chi connectivity index (χ1) is 13.9. The van der Waals surface area contributed by atoms with Crippen LogP contribution in [0, 0.1) is 17.5 Å². The smallest absolute Gasteiger partial charge is 0.201 e. The normalized spacial score (nSPS) is 11.9. The lowest BCUT2D eigenvalue weighted by Crippen LogP contribution is -2.01. The van der Waals surface area contributed by atoms with Crippen LogP contribution in [-0.2, 0) is 6.61 Å². The van der Waals surface area contributed by atoms with Gasteiger partial charge in [-0.3, -0.25) is 0 Å². The highest BCUT2D eigenvalue weighted by Gasteiger charge is 2.15. The molecule has 0 aliphatic rings. The van der Waals surface area contributed by atoms with Crippen LogP contribution in [0.5, 0.6) is 11.5 Å². The highest BCUT2D eigenvalue weighted by atomic mass is 19.2. The summed E-state index contributed by atoms with van der Waals surface area (Å²) in [7, 11) is 0. The lowest BCUT2D eigenvalue weighted by molar-refractivity contribution is 0.198. The molecule has 6 heteroatoms. The van der Waals surface area contributed by atoms with Gasteiger partial charge in [-0.15, -0.1) is 0 Å². The third-order valence-corrected chi connectivity index (χ3v) is 4.47. The van der Waals surface area contributed by atoms with E-state index in [2.05, 4.69) is 0 Å². The van der Waals surface area contributed by atoms with Crippen LogP contribution < -0.4 is 9.47 Å². The van der Waals surface area contributed by atoms with Gasteiger partial charge in [0.1, 0.15) is 18.2 Å². The number of aliphatic hydroxyl groups is 1. The van der Waals surface area contributed by atoms with Crippen molar-refractivity contribution >= 4 is 0 Å². The highest BCUT2D eigenvalue weighted by molar-refractivity contribution is 5.66.